The predicted molar refractivity (Wildman–Crippen MR) is 118 cm³/mol. The van der Waals surface area contributed by atoms with Gasteiger partial charge in [-0.1, -0.05) is 17.7 Å². The molecule has 2 aromatic rings. The number of esters is 1. The molecule has 0 saturated carbocycles. The van der Waals surface area contributed by atoms with Crippen LogP contribution in [0.25, 0.3) is 0 Å². The van der Waals surface area contributed by atoms with E-state index < -0.39 is 29.8 Å². The summed E-state index contributed by atoms with van der Waals surface area (Å²) in [4.78, 5) is 24.5. The molecule has 0 heterocycles. The summed E-state index contributed by atoms with van der Waals surface area (Å²) in [5, 5.41) is 11.1. The van der Waals surface area contributed by atoms with Crippen LogP contribution < -0.4 is 10.1 Å². The molecule has 33 heavy (non-hydrogen) atoms. The van der Waals surface area contributed by atoms with Gasteiger partial charge in [0.1, 0.15) is 30.1 Å². The topological polar surface area (TPSA) is 94.1 Å². The van der Waals surface area contributed by atoms with Crippen molar-refractivity contribution in [3.05, 3.63) is 70.8 Å². The molecule has 178 valence electrons. The zero-order valence-corrected chi connectivity index (χ0v) is 18.7. The minimum Gasteiger partial charge on any atom is -0.491 e. The van der Waals surface area contributed by atoms with Crippen LogP contribution in [0.3, 0.4) is 0 Å². The number of hydrogen-bond donors (Lipinski definition) is 2. The second kappa shape index (κ2) is 12.5. The van der Waals surface area contributed by atoms with Crippen molar-refractivity contribution < 1.29 is 37.7 Å². The molecule has 0 saturated heterocycles. The van der Waals surface area contributed by atoms with E-state index in [0.717, 1.165) is 12.1 Å². The molecule has 0 unspecified atom stereocenters. The van der Waals surface area contributed by atoms with Gasteiger partial charge in [0.15, 0.2) is 0 Å². The van der Waals surface area contributed by atoms with Crippen molar-refractivity contribution in [2.24, 2.45) is 0 Å². The van der Waals surface area contributed by atoms with Crippen molar-refractivity contribution in [3.63, 3.8) is 0 Å². The van der Waals surface area contributed by atoms with Gasteiger partial charge in [0.25, 0.3) is 0 Å². The van der Waals surface area contributed by atoms with Crippen molar-refractivity contribution in [2.75, 3.05) is 25.1 Å². The molecule has 0 fully saturated rings. The lowest BCUT2D eigenvalue weighted by Gasteiger charge is -2.20. The quantitative estimate of drug-likeness (QED) is 0.384. The minimum absolute atomic E-state index is 0.130. The maximum absolute atomic E-state index is 13.9. The van der Waals surface area contributed by atoms with Gasteiger partial charge < -0.3 is 19.3 Å². The number of nitrogens with one attached hydrogen (secondary N) is 1. The standard InChI is InChI=1S/C24H27F2NO6/c1-4-31-23(29)16(3)15(2)13-22(17-5-8-19(9-6-17)32-12-11-28)33-24(30)27-21-10-7-18(25)14-20(21)26/h5-10,14,22,28H,4,11-13H2,1-3H3,(H,27,30)/b16-15+/t22-/m0/s1. The van der Waals surface area contributed by atoms with E-state index in [0.29, 0.717) is 28.5 Å². The maximum Gasteiger partial charge on any atom is 0.412 e. The number of ether oxygens (including phenoxy) is 3. The lowest BCUT2D eigenvalue weighted by Crippen LogP contribution is -2.19. The second-order valence-corrected chi connectivity index (χ2v) is 7.11. The molecule has 0 aliphatic heterocycles. The number of carbonyl (C=O) groups excluding carboxylic acids is 2. The Bertz CT molecular complexity index is 991. The molecule has 2 aromatic carbocycles. The van der Waals surface area contributed by atoms with Crippen molar-refractivity contribution in [1.82, 2.24) is 0 Å². The number of aliphatic hydroxyl groups excluding tert-OH is 1. The minimum atomic E-state index is -0.951. The van der Waals surface area contributed by atoms with E-state index in [-0.39, 0.29) is 31.9 Å². The Labute approximate surface area is 191 Å². The van der Waals surface area contributed by atoms with Crippen molar-refractivity contribution >= 4 is 17.7 Å². The summed E-state index contributed by atoms with van der Waals surface area (Å²) in [5.74, 6) is -1.68. The van der Waals surface area contributed by atoms with Gasteiger partial charge in [0.05, 0.1) is 18.9 Å². The van der Waals surface area contributed by atoms with Crippen LogP contribution >= 0.6 is 0 Å². The highest BCUT2D eigenvalue weighted by Gasteiger charge is 2.21. The average Bonchev–Trinajstić information content (AvgIpc) is 2.79. The molecule has 9 heteroatoms. The molecule has 0 aromatic heterocycles. The van der Waals surface area contributed by atoms with Crippen molar-refractivity contribution in [2.45, 2.75) is 33.3 Å². The molecule has 0 radical (unpaired) electrons. The van der Waals surface area contributed by atoms with Gasteiger partial charge in [0, 0.05) is 18.1 Å². The fourth-order valence-electron chi connectivity index (χ4n) is 2.87. The van der Waals surface area contributed by atoms with Crippen LogP contribution in [0.1, 0.15) is 38.9 Å². The van der Waals surface area contributed by atoms with Gasteiger partial charge in [0.2, 0.25) is 0 Å². The molecule has 1 amide bonds. The van der Waals surface area contributed by atoms with Gasteiger partial charge in [-0.05, 0) is 50.6 Å². The first-order valence-corrected chi connectivity index (χ1v) is 10.3. The fourth-order valence-corrected chi connectivity index (χ4v) is 2.87. The molecule has 1 atom stereocenters. The van der Waals surface area contributed by atoms with Gasteiger partial charge in [-0.2, -0.15) is 0 Å². The van der Waals surface area contributed by atoms with Gasteiger partial charge in [-0.3, -0.25) is 5.32 Å². The first-order chi connectivity index (χ1) is 15.7. The lowest BCUT2D eigenvalue weighted by molar-refractivity contribution is -0.138. The third-order valence-electron chi connectivity index (χ3n) is 4.74. The molecular formula is C24H27F2NO6. The highest BCUT2D eigenvalue weighted by molar-refractivity contribution is 5.88. The SMILES string of the molecule is CCOC(=O)/C(C)=C(\C)C[C@H](OC(=O)Nc1ccc(F)cc1F)c1ccc(OCCO)cc1. The van der Waals surface area contributed by atoms with E-state index in [2.05, 4.69) is 5.32 Å². The molecule has 0 bridgehead atoms. The summed E-state index contributed by atoms with van der Waals surface area (Å²) in [6, 6.07) is 9.40. The van der Waals surface area contributed by atoms with Crippen molar-refractivity contribution in [3.8, 4) is 5.75 Å². The Hall–Kier alpha value is -3.46. The Balaban J connectivity index is 2.24. The molecule has 7 nitrogen and oxygen atoms in total. The maximum atomic E-state index is 13.9. The highest BCUT2D eigenvalue weighted by Crippen LogP contribution is 2.29. The number of amides is 1. The van der Waals surface area contributed by atoms with Crippen LogP contribution in [0.2, 0.25) is 0 Å². The number of aliphatic hydroxyl groups is 1. The zero-order chi connectivity index (χ0) is 24.4. The third-order valence-corrected chi connectivity index (χ3v) is 4.74. The van der Waals surface area contributed by atoms with E-state index >= 15 is 0 Å². The Kier molecular flexibility index (Phi) is 9.81. The van der Waals surface area contributed by atoms with Crippen LogP contribution in [-0.2, 0) is 14.3 Å². The van der Waals surface area contributed by atoms with Crippen LogP contribution in [-0.4, -0.2) is 37.0 Å². The van der Waals surface area contributed by atoms with Crippen LogP contribution in [0.5, 0.6) is 5.75 Å². The number of benzene rings is 2. The van der Waals surface area contributed by atoms with E-state index in [4.69, 9.17) is 19.3 Å². The Morgan fingerprint density at radius 1 is 1.09 bits per heavy atom. The number of rotatable bonds is 10. The normalized spacial score (nSPS) is 12.4. The highest BCUT2D eigenvalue weighted by atomic mass is 19.1. The summed E-state index contributed by atoms with van der Waals surface area (Å²) < 4.78 is 42.9. The molecular weight excluding hydrogens is 436 g/mol. The van der Waals surface area contributed by atoms with Crippen LogP contribution in [0, 0.1) is 11.6 Å². The van der Waals surface area contributed by atoms with E-state index in [1.807, 2.05) is 0 Å². The van der Waals surface area contributed by atoms with Gasteiger partial charge in [-0.15, -0.1) is 0 Å². The summed E-state index contributed by atoms with van der Waals surface area (Å²) in [6.45, 7) is 5.26. The zero-order valence-electron chi connectivity index (χ0n) is 18.7. The van der Waals surface area contributed by atoms with E-state index in [1.54, 1.807) is 45.0 Å². The smallest absolute Gasteiger partial charge is 0.412 e. The largest absolute Gasteiger partial charge is 0.491 e. The third kappa shape index (κ3) is 7.87. The fraction of sp³-hybridized carbons (Fsp3) is 0.333. The molecule has 0 spiro atoms. The number of hydrogen-bond acceptors (Lipinski definition) is 6. The monoisotopic (exact) mass is 463 g/mol. The molecule has 0 aliphatic carbocycles. The van der Waals surface area contributed by atoms with Crippen LogP contribution in [0.15, 0.2) is 53.6 Å². The second-order valence-electron chi connectivity index (χ2n) is 7.11. The number of anilines is 1. The average molecular weight is 463 g/mol. The van der Waals surface area contributed by atoms with Crippen molar-refractivity contribution in [1.29, 1.82) is 0 Å². The predicted octanol–water partition coefficient (Wildman–Crippen LogP) is 4.92. The van der Waals surface area contributed by atoms with Gasteiger partial charge >= 0.3 is 12.1 Å². The number of carbonyl (C=O) groups is 2. The first-order valence-electron chi connectivity index (χ1n) is 10.3. The molecule has 0 aliphatic rings. The summed E-state index contributed by atoms with van der Waals surface area (Å²) in [5.41, 5.74) is 1.39. The molecule has 2 rings (SSSR count). The van der Waals surface area contributed by atoms with E-state index in [1.165, 1.54) is 0 Å². The molecule has 2 N–H and O–H groups in total. The Morgan fingerprint density at radius 2 is 1.79 bits per heavy atom. The Morgan fingerprint density at radius 3 is 2.39 bits per heavy atom. The van der Waals surface area contributed by atoms with Gasteiger partial charge in [-0.25, -0.2) is 18.4 Å². The summed E-state index contributed by atoms with van der Waals surface area (Å²) in [7, 11) is 0. The summed E-state index contributed by atoms with van der Waals surface area (Å²) >= 11 is 0. The van der Waals surface area contributed by atoms with E-state index in [9.17, 15) is 18.4 Å². The van der Waals surface area contributed by atoms with Crippen LogP contribution in [0.4, 0.5) is 19.3 Å². The number of halogens is 2. The first kappa shape index (κ1) is 25.8. The lowest BCUT2D eigenvalue weighted by atomic mass is 9.99. The summed E-state index contributed by atoms with van der Waals surface area (Å²) in [6.07, 6.45) is -1.61.